The predicted octanol–water partition coefficient (Wildman–Crippen LogP) is 18.6. The van der Waals surface area contributed by atoms with E-state index in [-0.39, 0.29) is 5.41 Å². The molecule has 12 aromatic rings. The maximum atomic E-state index is 2.59. The van der Waals surface area contributed by atoms with Crippen molar-refractivity contribution in [2.24, 2.45) is 0 Å². The molecule has 0 heterocycles. The molecule has 3 aliphatic rings. The molecule has 0 bridgehead atoms. The van der Waals surface area contributed by atoms with E-state index in [1.54, 1.807) is 0 Å². The van der Waals surface area contributed by atoms with Crippen LogP contribution in [0.2, 0.25) is 0 Å². The molecule has 0 saturated heterocycles. The molecule has 3 aliphatic carbocycles. The number of benzene rings is 12. The minimum Gasteiger partial charge on any atom is -0.310 e. The van der Waals surface area contributed by atoms with Gasteiger partial charge in [0.1, 0.15) is 0 Å². The van der Waals surface area contributed by atoms with Gasteiger partial charge >= 0.3 is 0 Å². The van der Waals surface area contributed by atoms with Crippen LogP contribution in [0.25, 0.3) is 88.0 Å². The summed E-state index contributed by atoms with van der Waals surface area (Å²) >= 11 is 0. The van der Waals surface area contributed by atoms with Gasteiger partial charge in [-0.25, -0.2) is 0 Å². The Morgan fingerprint density at radius 1 is 0.254 bits per heavy atom. The number of anilines is 3. The fourth-order valence-electron chi connectivity index (χ4n) is 13.3. The monoisotopic (exact) mass is 901 g/mol. The molecule has 1 spiro atoms. The Kier molecular flexibility index (Phi) is 8.40. The molecule has 332 valence electrons. The first-order valence-electron chi connectivity index (χ1n) is 25.0. The molecule has 0 N–H and O–H groups in total. The number of nitrogens with zero attached hydrogens (tertiary/aromatic N) is 1. The summed E-state index contributed by atoms with van der Waals surface area (Å²) in [5, 5.41) is 7.56. The Hall–Kier alpha value is -8.78. The van der Waals surface area contributed by atoms with E-state index < -0.39 is 5.41 Å². The molecule has 0 fully saturated rings. The summed E-state index contributed by atoms with van der Waals surface area (Å²) in [5.74, 6) is 0. The standard InChI is InChI=1S/C70H47N/c1-69(2)62-28-14-10-26-56(62)60-40-46(34-39-63(60)69)58-42-61-57-27-13-17-31-66(57)70(64-29-15-11-24-54(64)55-25-12-16-30-65(55)70)67(61)43-68(58)71(47-35-32-45(33-36-47)44-18-4-3-5-19-44)48-37-38-53-51-22-7-6-20-49(51)50-21-8-9-23-52(50)59(53)41-48/h3-43H,1-2H3. The molecule has 0 unspecified atom stereocenters. The number of fused-ring (bicyclic) bond motifs is 19. The Morgan fingerprint density at radius 2 is 0.676 bits per heavy atom. The van der Waals surface area contributed by atoms with E-state index in [1.807, 2.05) is 0 Å². The van der Waals surface area contributed by atoms with Gasteiger partial charge in [-0.05, 0) is 158 Å². The van der Waals surface area contributed by atoms with Crippen molar-refractivity contribution in [2.45, 2.75) is 24.7 Å². The predicted molar refractivity (Wildman–Crippen MR) is 298 cm³/mol. The molecule has 0 amide bonds. The van der Waals surface area contributed by atoms with E-state index in [2.05, 4.69) is 267 Å². The lowest BCUT2D eigenvalue weighted by atomic mass is 9.70. The van der Waals surface area contributed by atoms with E-state index in [9.17, 15) is 0 Å². The molecular formula is C70H47N. The Morgan fingerprint density at radius 3 is 1.28 bits per heavy atom. The molecule has 0 radical (unpaired) electrons. The summed E-state index contributed by atoms with van der Waals surface area (Å²) in [4.78, 5) is 2.56. The van der Waals surface area contributed by atoms with Gasteiger partial charge in [-0.2, -0.15) is 0 Å². The summed E-state index contributed by atoms with van der Waals surface area (Å²) in [5.41, 5.74) is 23.4. The summed E-state index contributed by atoms with van der Waals surface area (Å²) in [7, 11) is 0. The van der Waals surface area contributed by atoms with Crippen molar-refractivity contribution in [3.63, 3.8) is 0 Å². The van der Waals surface area contributed by atoms with Crippen LogP contribution in [-0.4, -0.2) is 0 Å². The van der Waals surface area contributed by atoms with Gasteiger partial charge in [0.2, 0.25) is 0 Å². The third-order valence-electron chi connectivity index (χ3n) is 16.5. The van der Waals surface area contributed by atoms with Crippen molar-refractivity contribution in [1.29, 1.82) is 0 Å². The first-order chi connectivity index (χ1) is 35.0. The van der Waals surface area contributed by atoms with Gasteiger partial charge in [-0.1, -0.05) is 220 Å². The molecule has 0 aromatic heterocycles. The van der Waals surface area contributed by atoms with E-state index in [0.717, 1.165) is 17.1 Å². The lowest BCUT2D eigenvalue weighted by molar-refractivity contribution is 0.660. The molecule has 1 nitrogen and oxygen atoms in total. The smallest absolute Gasteiger partial charge is 0.0726 e. The maximum Gasteiger partial charge on any atom is 0.0726 e. The highest BCUT2D eigenvalue weighted by Crippen LogP contribution is 2.64. The summed E-state index contributed by atoms with van der Waals surface area (Å²) < 4.78 is 0. The third kappa shape index (κ3) is 5.52. The van der Waals surface area contributed by atoms with Gasteiger partial charge in [-0.3, -0.25) is 0 Å². The highest BCUT2D eigenvalue weighted by molar-refractivity contribution is 6.26. The van der Waals surface area contributed by atoms with Crippen molar-refractivity contribution in [1.82, 2.24) is 0 Å². The van der Waals surface area contributed by atoms with E-state index in [1.165, 1.54) is 121 Å². The van der Waals surface area contributed by atoms with Crippen LogP contribution < -0.4 is 4.90 Å². The molecule has 15 rings (SSSR count). The normalized spacial score (nSPS) is 14.0. The van der Waals surface area contributed by atoms with E-state index >= 15 is 0 Å². The topological polar surface area (TPSA) is 3.24 Å². The van der Waals surface area contributed by atoms with Gasteiger partial charge in [0, 0.05) is 22.4 Å². The van der Waals surface area contributed by atoms with Crippen LogP contribution in [0, 0.1) is 0 Å². The fourth-order valence-corrected chi connectivity index (χ4v) is 13.3. The minimum atomic E-state index is -0.519. The van der Waals surface area contributed by atoms with Crippen LogP contribution in [0.5, 0.6) is 0 Å². The molecule has 0 saturated carbocycles. The lowest BCUT2D eigenvalue weighted by Gasteiger charge is -2.33. The van der Waals surface area contributed by atoms with Crippen molar-refractivity contribution in [2.75, 3.05) is 4.90 Å². The molecule has 1 heteroatoms. The second-order valence-corrected chi connectivity index (χ2v) is 20.3. The van der Waals surface area contributed by atoms with Crippen LogP contribution in [-0.2, 0) is 10.8 Å². The van der Waals surface area contributed by atoms with E-state index in [4.69, 9.17) is 0 Å². The highest BCUT2D eigenvalue weighted by atomic mass is 15.1. The van der Waals surface area contributed by atoms with Crippen molar-refractivity contribution < 1.29 is 0 Å². The molecule has 12 aromatic carbocycles. The van der Waals surface area contributed by atoms with Gasteiger partial charge in [0.25, 0.3) is 0 Å². The van der Waals surface area contributed by atoms with Crippen LogP contribution in [0.3, 0.4) is 0 Å². The van der Waals surface area contributed by atoms with Crippen molar-refractivity contribution >= 4 is 49.4 Å². The number of rotatable bonds is 5. The molecule has 0 aliphatic heterocycles. The minimum absolute atomic E-state index is 0.107. The van der Waals surface area contributed by atoms with Gasteiger partial charge in [0.15, 0.2) is 0 Å². The lowest BCUT2D eigenvalue weighted by Crippen LogP contribution is -2.26. The first-order valence-corrected chi connectivity index (χ1v) is 25.0. The van der Waals surface area contributed by atoms with Crippen LogP contribution in [0.4, 0.5) is 17.1 Å². The second kappa shape index (κ2) is 14.9. The Bertz CT molecular complexity index is 4110. The Labute approximate surface area is 414 Å². The number of hydrogen-bond acceptors (Lipinski definition) is 1. The highest BCUT2D eigenvalue weighted by Gasteiger charge is 2.52. The quantitative estimate of drug-likeness (QED) is 0.156. The van der Waals surface area contributed by atoms with Gasteiger partial charge in [-0.15, -0.1) is 0 Å². The third-order valence-corrected chi connectivity index (χ3v) is 16.5. The van der Waals surface area contributed by atoms with Gasteiger partial charge in [0.05, 0.1) is 11.1 Å². The average Bonchev–Trinajstić information content (AvgIpc) is 3.99. The van der Waals surface area contributed by atoms with Gasteiger partial charge < -0.3 is 4.90 Å². The zero-order valence-electron chi connectivity index (χ0n) is 39.6. The van der Waals surface area contributed by atoms with Crippen molar-refractivity contribution in [3.8, 4) is 55.6 Å². The number of hydrogen-bond donors (Lipinski definition) is 0. The zero-order chi connectivity index (χ0) is 47.0. The fraction of sp³-hybridized carbons (Fsp3) is 0.0571. The summed E-state index contributed by atoms with van der Waals surface area (Å²) in [6.07, 6.45) is 0. The Balaban J connectivity index is 1.07. The molecular weight excluding hydrogens is 855 g/mol. The SMILES string of the molecule is CC1(C)c2ccccc2-c2cc(-c3cc4c(cc3N(c3ccc(-c5ccccc5)cc3)c3ccc5c6ccccc6c6ccccc6c5c3)C3(c5ccccc5-c5ccccc53)c3ccccc3-4)ccc21. The molecule has 71 heavy (non-hydrogen) atoms. The molecule has 0 atom stereocenters. The zero-order valence-corrected chi connectivity index (χ0v) is 39.6. The van der Waals surface area contributed by atoms with E-state index in [0.29, 0.717) is 0 Å². The van der Waals surface area contributed by atoms with Crippen LogP contribution >= 0.6 is 0 Å². The largest absolute Gasteiger partial charge is 0.310 e. The van der Waals surface area contributed by atoms with Crippen molar-refractivity contribution in [3.05, 3.63) is 282 Å². The maximum absolute atomic E-state index is 2.59. The summed E-state index contributed by atoms with van der Waals surface area (Å²) in [6.45, 7) is 4.75. The summed E-state index contributed by atoms with van der Waals surface area (Å²) in [6, 6.07) is 93.9. The first kappa shape index (κ1) is 40.1. The second-order valence-electron chi connectivity index (χ2n) is 20.3. The van der Waals surface area contributed by atoms with Crippen LogP contribution in [0.15, 0.2) is 249 Å². The average molecular weight is 902 g/mol. The van der Waals surface area contributed by atoms with Crippen LogP contribution in [0.1, 0.15) is 47.2 Å².